The minimum Gasteiger partial charge on any atom is -0.395 e. The third-order valence-corrected chi connectivity index (χ3v) is 2.85. The Morgan fingerprint density at radius 1 is 1.21 bits per heavy atom. The molecule has 19 heavy (non-hydrogen) atoms. The molecule has 0 saturated carbocycles. The molecule has 0 fully saturated rings. The molecular formula is C14H26N4O. The van der Waals surface area contributed by atoms with E-state index in [4.69, 9.17) is 0 Å². The molecule has 0 bridgehead atoms. The number of unbranched alkanes of at least 4 members (excludes halogenated alkanes) is 1. The predicted molar refractivity (Wildman–Crippen MR) is 79.8 cm³/mol. The molecule has 1 rings (SSSR count). The van der Waals surface area contributed by atoms with Gasteiger partial charge >= 0.3 is 0 Å². The summed E-state index contributed by atoms with van der Waals surface area (Å²) in [5.74, 6) is 1.57. The van der Waals surface area contributed by atoms with Gasteiger partial charge in [0.1, 0.15) is 5.82 Å². The number of aliphatic hydroxyl groups excluding tert-OH is 1. The van der Waals surface area contributed by atoms with Gasteiger partial charge in [0.15, 0.2) is 0 Å². The molecule has 5 nitrogen and oxygen atoms in total. The van der Waals surface area contributed by atoms with Crippen molar-refractivity contribution in [3.05, 3.63) is 11.8 Å². The van der Waals surface area contributed by atoms with Crippen LogP contribution in [0.4, 0.5) is 11.8 Å². The third kappa shape index (κ3) is 5.42. The van der Waals surface area contributed by atoms with Crippen molar-refractivity contribution in [1.82, 2.24) is 9.97 Å². The number of hydrogen-bond acceptors (Lipinski definition) is 5. The highest BCUT2D eigenvalue weighted by molar-refractivity contribution is 5.44. The van der Waals surface area contributed by atoms with Gasteiger partial charge in [0, 0.05) is 31.4 Å². The lowest BCUT2D eigenvalue weighted by Gasteiger charge is -2.23. The second kappa shape index (κ2) is 8.69. The largest absolute Gasteiger partial charge is 0.395 e. The van der Waals surface area contributed by atoms with Gasteiger partial charge in [-0.3, -0.25) is 0 Å². The zero-order valence-electron chi connectivity index (χ0n) is 12.3. The van der Waals surface area contributed by atoms with Crippen LogP contribution in [0.25, 0.3) is 0 Å². The molecule has 0 amide bonds. The molecule has 0 radical (unpaired) electrons. The van der Waals surface area contributed by atoms with E-state index in [1.165, 1.54) is 0 Å². The van der Waals surface area contributed by atoms with Crippen molar-refractivity contribution in [2.45, 2.75) is 40.0 Å². The Morgan fingerprint density at radius 2 is 2.00 bits per heavy atom. The Labute approximate surface area is 116 Å². The average Bonchev–Trinajstić information content (AvgIpc) is 2.40. The Balaban J connectivity index is 2.84. The number of nitrogens with one attached hydrogen (secondary N) is 1. The topological polar surface area (TPSA) is 61.3 Å². The van der Waals surface area contributed by atoms with E-state index < -0.39 is 0 Å². The maximum Gasteiger partial charge on any atom is 0.224 e. The summed E-state index contributed by atoms with van der Waals surface area (Å²) in [4.78, 5) is 11.0. The summed E-state index contributed by atoms with van der Waals surface area (Å²) in [5, 5.41) is 12.4. The lowest BCUT2D eigenvalue weighted by atomic mass is 10.3. The van der Waals surface area contributed by atoms with E-state index in [0.29, 0.717) is 12.5 Å². The smallest absolute Gasteiger partial charge is 0.224 e. The van der Waals surface area contributed by atoms with Crippen LogP contribution in [0.1, 0.15) is 38.8 Å². The zero-order chi connectivity index (χ0) is 14.1. The highest BCUT2D eigenvalue weighted by Crippen LogP contribution is 2.15. The van der Waals surface area contributed by atoms with Crippen molar-refractivity contribution in [2.75, 3.05) is 36.5 Å². The van der Waals surface area contributed by atoms with Crippen molar-refractivity contribution in [1.29, 1.82) is 0 Å². The molecule has 1 aromatic heterocycles. The molecule has 0 atom stereocenters. The fourth-order valence-corrected chi connectivity index (χ4v) is 1.84. The highest BCUT2D eigenvalue weighted by atomic mass is 16.3. The molecule has 0 aliphatic rings. The summed E-state index contributed by atoms with van der Waals surface area (Å²) in [6.45, 7) is 8.80. The fraction of sp³-hybridized carbons (Fsp3) is 0.714. The molecule has 0 unspecified atom stereocenters. The Bertz CT molecular complexity index is 370. The first-order valence-electron chi connectivity index (χ1n) is 7.16. The number of rotatable bonds is 9. The van der Waals surface area contributed by atoms with E-state index in [1.807, 2.05) is 13.0 Å². The van der Waals surface area contributed by atoms with Crippen molar-refractivity contribution in [2.24, 2.45) is 0 Å². The van der Waals surface area contributed by atoms with Crippen molar-refractivity contribution in [3.63, 3.8) is 0 Å². The lowest BCUT2D eigenvalue weighted by molar-refractivity contribution is 0.301. The summed E-state index contributed by atoms with van der Waals surface area (Å²) in [6.07, 6.45) is 3.27. The van der Waals surface area contributed by atoms with Crippen LogP contribution in [-0.4, -0.2) is 41.3 Å². The second-order valence-corrected chi connectivity index (χ2v) is 4.68. The van der Waals surface area contributed by atoms with Gasteiger partial charge in [0.2, 0.25) is 5.95 Å². The summed E-state index contributed by atoms with van der Waals surface area (Å²) < 4.78 is 0. The summed E-state index contributed by atoms with van der Waals surface area (Å²) in [6, 6.07) is 1.97. The van der Waals surface area contributed by atoms with Crippen LogP contribution in [-0.2, 0) is 0 Å². The molecular weight excluding hydrogens is 240 g/mol. The molecule has 1 heterocycles. The molecule has 0 spiro atoms. The number of hydrogen-bond donors (Lipinski definition) is 2. The van der Waals surface area contributed by atoms with Crippen molar-refractivity contribution >= 4 is 11.8 Å². The normalized spacial score (nSPS) is 10.5. The van der Waals surface area contributed by atoms with Gasteiger partial charge in [-0.1, -0.05) is 20.3 Å². The van der Waals surface area contributed by atoms with E-state index in [0.717, 1.165) is 43.9 Å². The first-order chi connectivity index (χ1) is 9.21. The molecule has 108 valence electrons. The summed E-state index contributed by atoms with van der Waals surface area (Å²) in [7, 11) is 0. The van der Waals surface area contributed by atoms with Crippen LogP contribution in [0.15, 0.2) is 6.07 Å². The van der Waals surface area contributed by atoms with Crippen molar-refractivity contribution in [3.8, 4) is 0 Å². The average molecular weight is 266 g/mol. The molecule has 0 aromatic carbocycles. The van der Waals surface area contributed by atoms with Gasteiger partial charge in [0.25, 0.3) is 0 Å². The van der Waals surface area contributed by atoms with Gasteiger partial charge in [-0.15, -0.1) is 0 Å². The van der Waals surface area contributed by atoms with Crippen molar-refractivity contribution < 1.29 is 5.11 Å². The van der Waals surface area contributed by atoms with Crippen LogP contribution < -0.4 is 10.2 Å². The Morgan fingerprint density at radius 3 is 2.63 bits per heavy atom. The quantitative estimate of drug-likeness (QED) is 0.717. The molecule has 0 aliphatic carbocycles. The van der Waals surface area contributed by atoms with Crippen LogP contribution in [0, 0.1) is 6.92 Å². The molecule has 1 aromatic rings. The third-order valence-electron chi connectivity index (χ3n) is 2.85. The standard InChI is InChI=1S/C14H26N4O/c1-4-6-8-18(9-10-19)13-11-12(3)16-14(17-13)15-7-5-2/h11,19H,4-10H2,1-3H3,(H,15,16,17). The zero-order valence-corrected chi connectivity index (χ0v) is 12.3. The van der Waals surface area contributed by atoms with Crippen LogP contribution in [0.5, 0.6) is 0 Å². The monoisotopic (exact) mass is 266 g/mol. The van der Waals surface area contributed by atoms with E-state index in [1.54, 1.807) is 0 Å². The molecule has 5 heteroatoms. The van der Waals surface area contributed by atoms with Gasteiger partial charge in [-0.25, -0.2) is 4.98 Å². The molecule has 0 aliphatic heterocycles. The number of aliphatic hydroxyl groups is 1. The number of aromatic nitrogens is 2. The van der Waals surface area contributed by atoms with E-state index in [2.05, 4.69) is 34.0 Å². The van der Waals surface area contributed by atoms with Crippen LogP contribution in [0.2, 0.25) is 0 Å². The van der Waals surface area contributed by atoms with Gasteiger partial charge < -0.3 is 15.3 Å². The summed E-state index contributed by atoms with van der Waals surface area (Å²) in [5.41, 5.74) is 0.947. The maximum absolute atomic E-state index is 9.18. The first kappa shape index (κ1) is 15.7. The van der Waals surface area contributed by atoms with Crippen LogP contribution in [0.3, 0.4) is 0 Å². The van der Waals surface area contributed by atoms with E-state index >= 15 is 0 Å². The van der Waals surface area contributed by atoms with Gasteiger partial charge in [-0.05, 0) is 19.8 Å². The van der Waals surface area contributed by atoms with E-state index in [-0.39, 0.29) is 6.61 Å². The van der Waals surface area contributed by atoms with Crippen LogP contribution >= 0.6 is 0 Å². The molecule has 0 saturated heterocycles. The Hall–Kier alpha value is -1.36. The summed E-state index contributed by atoms with van der Waals surface area (Å²) >= 11 is 0. The minimum absolute atomic E-state index is 0.143. The van der Waals surface area contributed by atoms with Gasteiger partial charge in [0.05, 0.1) is 6.61 Å². The lowest BCUT2D eigenvalue weighted by Crippen LogP contribution is -2.29. The van der Waals surface area contributed by atoms with E-state index in [9.17, 15) is 5.11 Å². The number of anilines is 2. The fourth-order valence-electron chi connectivity index (χ4n) is 1.84. The SMILES string of the molecule is CCCCN(CCO)c1cc(C)nc(NCCC)n1. The molecule has 2 N–H and O–H groups in total. The second-order valence-electron chi connectivity index (χ2n) is 4.68. The Kier molecular flexibility index (Phi) is 7.18. The number of aryl methyl sites for hydroxylation is 1. The minimum atomic E-state index is 0.143. The highest BCUT2D eigenvalue weighted by Gasteiger charge is 2.09. The maximum atomic E-state index is 9.18. The number of nitrogens with zero attached hydrogens (tertiary/aromatic N) is 3. The first-order valence-corrected chi connectivity index (χ1v) is 7.16. The predicted octanol–water partition coefficient (Wildman–Crippen LogP) is 2.21. The van der Waals surface area contributed by atoms with Gasteiger partial charge in [-0.2, -0.15) is 4.98 Å².